The van der Waals surface area contributed by atoms with E-state index in [4.69, 9.17) is 4.74 Å². The van der Waals surface area contributed by atoms with Gasteiger partial charge in [0.2, 0.25) is 0 Å². The van der Waals surface area contributed by atoms with Gasteiger partial charge in [-0.25, -0.2) is 8.42 Å². The van der Waals surface area contributed by atoms with E-state index in [1.807, 2.05) is 24.3 Å². The summed E-state index contributed by atoms with van der Waals surface area (Å²) in [6, 6.07) is 7.93. The smallest absolute Gasteiger partial charge is 0.150 e. The Labute approximate surface area is 124 Å². The first-order valence-electron chi connectivity index (χ1n) is 6.40. The fourth-order valence-electron chi connectivity index (χ4n) is 1.82. The molecular formula is C14H21BrO3S. The van der Waals surface area contributed by atoms with Gasteiger partial charge >= 0.3 is 0 Å². The van der Waals surface area contributed by atoms with Crippen molar-refractivity contribution in [2.75, 3.05) is 23.9 Å². The highest BCUT2D eigenvalue weighted by atomic mass is 79.9. The summed E-state index contributed by atoms with van der Waals surface area (Å²) in [7, 11) is -1.22. The maximum absolute atomic E-state index is 11.5. The van der Waals surface area contributed by atoms with Crippen molar-refractivity contribution in [2.45, 2.75) is 19.8 Å². The monoisotopic (exact) mass is 348 g/mol. The average Bonchev–Trinajstić information content (AvgIpc) is 2.44. The molecule has 1 aromatic rings. The van der Waals surface area contributed by atoms with E-state index in [1.165, 1.54) is 5.56 Å². The summed E-state index contributed by atoms with van der Waals surface area (Å²) in [6.45, 7) is 1.70. The molecule has 0 amide bonds. The number of hydrogen-bond acceptors (Lipinski definition) is 3. The highest BCUT2D eigenvalue weighted by molar-refractivity contribution is 9.09. The number of sulfone groups is 1. The van der Waals surface area contributed by atoms with Crippen LogP contribution in [-0.2, 0) is 16.3 Å². The van der Waals surface area contributed by atoms with Crippen molar-refractivity contribution in [3.63, 3.8) is 0 Å². The topological polar surface area (TPSA) is 43.4 Å². The second-order valence-corrected chi connectivity index (χ2v) is 7.72. The lowest BCUT2D eigenvalue weighted by Gasteiger charge is -2.14. The molecule has 0 aliphatic rings. The number of methoxy groups -OCH3 is 1. The first-order chi connectivity index (χ1) is 9.00. The molecule has 1 aromatic carbocycles. The molecule has 0 aliphatic carbocycles. The Balaban J connectivity index is 2.56. The van der Waals surface area contributed by atoms with E-state index in [0.717, 1.165) is 17.5 Å². The maximum Gasteiger partial charge on any atom is 0.150 e. The summed E-state index contributed by atoms with van der Waals surface area (Å²) in [6.07, 6.45) is 1.59. The summed E-state index contributed by atoms with van der Waals surface area (Å²) < 4.78 is 28.2. The minimum Gasteiger partial charge on any atom is -0.497 e. The van der Waals surface area contributed by atoms with E-state index < -0.39 is 9.84 Å². The lowest BCUT2D eigenvalue weighted by molar-refractivity contribution is 0.414. The van der Waals surface area contributed by atoms with Crippen LogP contribution in [0.5, 0.6) is 5.75 Å². The van der Waals surface area contributed by atoms with Crippen molar-refractivity contribution in [1.82, 2.24) is 0 Å². The van der Waals surface area contributed by atoms with Gasteiger partial charge in [-0.3, -0.25) is 0 Å². The zero-order valence-electron chi connectivity index (χ0n) is 11.4. The van der Waals surface area contributed by atoms with E-state index >= 15 is 0 Å². The summed E-state index contributed by atoms with van der Waals surface area (Å²) >= 11 is 3.47. The highest BCUT2D eigenvalue weighted by Crippen LogP contribution is 2.18. The van der Waals surface area contributed by atoms with Crippen molar-refractivity contribution in [1.29, 1.82) is 0 Å². The van der Waals surface area contributed by atoms with E-state index in [0.29, 0.717) is 12.3 Å². The Bertz CT molecular complexity index is 468. The third-order valence-electron chi connectivity index (χ3n) is 3.18. The summed E-state index contributed by atoms with van der Waals surface area (Å²) in [5.74, 6) is 1.68. The first-order valence-corrected chi connectivity index (χ1v) is 9.34. The SMILES string of the molecule is CCS(=O)(=O)CCC(CBr)Cc1ccc(OC)cc1. The van der Waals surface area contributed by atoms with Gasteiger partial charge in [-0.2, -0.15) is 0 Å². The second-order valence-electron chi connectivity index (χ2n) is 4.60. The van der Waals surface area contributed by atoms with Crippen molar-refractivity contribution in [2.24, 2.45) is 5.92 Å². The van der Waals surface area contributed by atoms with Gasteiger partial charge < -0.3 is 4.74 Å². The Morgan fingerprint density at radius 1 is 1.26 bits per heavy atom. The molecular weight excluding hydrogens is 328 g/mol. The van der Waals surface area contributed by atoms with Gasteiger partial charge in [-0.05, 0) is 36.5 Å². The first kappa shape index (κ1) is 16.5. The predicted molar refractivity (Wildman–Crippen MR) is 82.9 cm³/mol. The molecule has 0 saturated carbocycles. The van der Waals surface area contributed by atoms with Crippen LogP contribution in [0.2, 0.25) is 0 Å². The molecule has 0 saturated heterocycles. The molecule has 3 nitrogen and oxygen atoms in total. The third kappa shape index (κ3) is 5.95. The van der Waals surface area contributed by atoms with Gasteiger partial charge in [0.25, 0.3) is 0 Å². The van der Waals surface area contributed by atoms with Gasteiger partial charge in [0, 0.05) is 11.1 Å². The van der Waals surface area contributed by atoms with E-state index in [1.54, 1.807) is 14.0 Å². The molecule has 0 aliphatic heterocycles. The third-order valence-corrected chi connectivity index (χ3v) is 5.83. The summed E-state index contributed by atoms with van der Waals surface area (Å²) in [4.78, 5) is 0. The molecule has 1 unspecified atom stereocenters. The van der Waals surface area contributed by atoms with Gasteiger partial charge in [0.1, 0.15) is 15.6 Å². The highest BCUT2D eigenvalue weighted by Gasteiger charge is 2.14. The lowest BCUT2D eigenvalue weighted by Crippen LogP contribution is -2.15. The number of benzene rings is 1. The van der Waals surface area contributed by atoms with Crippen LogP contribution in [0.4, 0.5) is 0 Å². The van der Waals surface area contributed by atoms with Gasteiger partial charge in [-0.1, -0.05) is 35.0 Å². The quantitative estimate of drug-likeness (QED) is 0.678. The minimum atomic E-state index is -2.87. The van der Waals surface area contributed by atoms with Crippen molar-refractivity contribution < 1.29 is 13.2 Å². The Kier molecular flexibility index (Phi) is 6.86. The molecule has 0 aromatic heterocycles. The van der Waals surface area contributed by atoms with E-state index in [9.17, 15) is 8.42 Å². The van der Waals surface area contributed by atoms with Crippen LogP contribution >= 0.6 is 15.9 Å². The molecule has 0 spiro atoms. The average molecular weight is 349 g/mol. The Morgan fingerprint density at radius 3 is 2.37 bits per heavy atom. The van der Waals surface area contributed by atoms with Gasteiger partial charge in [-0.15, -0.1) is 0 Å². The largest absolute Gasteiger partial charge is 0.497 e. The molecule has 0 fully saturated rings. The molecule has 0 N–H and O–H groups in total. The number of rotatable bonds is 8. The number of hydrogen-bond donors (Lipinski definition) is 0. The molecule has 0 radical (unpaired) electrons. The normalized spacial score (nSPS) is 13.2. The van der Waals surface area contributed by atoms with Crippen LogP contribution in [0.1, 0.15) is 18.9 Å². The zero-order valence-corrected chi connectivity index (χ0v) is 13.8. The van der Waals surface area contributed by atoms with Crippen LogP contribution in [0, 0.1) is 5.92 Å². The summed E-state index contributed by atoms with van der Waals surface area (Å²) in [5, 5.41) is 0.818. The Morgan fingerprint density at radius 2 is 1.89 bits per heavy atom. The standard InChI is InChI=1S/C14H21BrO3S/c1-3-19(16,17)9-8-13(11-15)10-12-4-6-14(18-2)7-5-12/h4-7,13H,3,8-11H2,1-2H3. The predicted octanol–water partition coefficient (Wildman–Crippen LogP) is 3.07. The van der Waals surface area contributed by atoms with Crippen molar-refractivity contribution >= 4 is 25.8 Å². The number of ether oxygens (including phenoxy) is 1. The Hall–Kier alpha value is -0.550. The van der Waals surface area contributed by atoms with Crippen molar-refractivity contribution in [3.05, 3.63) is 29.8 Å². The fourth-order valence-corrected chi connectivity index (χ4v) is 3.35. The molecule has 1 atom stereocenters. The molecule has 1 rings (SSSR count). The summed E-state index contributed by atoms with van der Waals surface area (Å²) in [5.41, 5.74) is 1.21. The number of halogens is 1. The van der Waals surface area contributed by atoms with Crippen LogP contribution in [-0.4, -0.2) is 32.4 Å². The van der Waals surface area contributed by atoms with Crippen LogP contribution in [0.3, 0.4) is 0 Å². The maximum atomic E-state index is 11.5. The van der Waals surface area contributed by atoms with Crippen LogP contribution in [0.25, 0.3) is 0 Å². The second kappa shape index (κ2) is 7.90. The van der Waals surface area contributed by atoms with Crippen LogP contribution < -0.4 is 4.74 Å². The van der Waals surface area contributed by atoms with Gasteiger partial charge in [0.05, 0.1) is 12.9 Å². The van der Waals surface area contributed by atoms with Gasteiger partial charge in [0.15, 0.2) is 0 Å². The lowest BCUT2D eigenvalue weighted by atomic mass is 9.99. The molecule has 0 bridgehead atoms. The van der Waals surface area contributed by atoms with Crippen LogP contribution in [0.15, 0.2) is 24.3 Å². The molecule has 19 heavy (non-hydrogen) atoms. The van der Waals surface area contributed by atoms with E-state index in [-0.39, 0.29) is 11.5 Å². The minimum absolute atomic E-state index is 0.227. The zero-order chi connectivity index (χ0) is 14.3. The molecule has 108 valence electrons. The molecule has 0 heterocycles. The van der Waals surface area contributed by atoms with E-state index in [2.05, 4.69) is 15.9 Å². The fraction of sp³-hybridized carbons (Fsp3) is 0.571. The van der Waals surface area contributed by atoms with Crippen molar-refractivity contribution in [3.8, 4) is 5.75 Å². The molecule has 5 heteroatoms. The number of alkyl halides is 1.